The molecule has 0 spiro atoms. The summed E-state index contributed by atoms with van der Waals surface area (Å²) in [6.07, 6.45) is 5.74. The lowest BCUT2D eigenvalue weighted by Gasteiger charge is -2.37. The van der Waals surface area contributed by atoms with Crippen LogP contribution < -0.4 is 0 Å². The smallest absolute Gasteiger partial charge is 0.159 e. The molecule has 2 aliphatic heterocycles. The molecule has 2 aromatic carbocycles. The molecule has 0 bridgehead atoms. The van der Waals surface area contributed by atoms with Crippen molar-refractivity contribution in [2.24, 2.45) is 0 Å². The number of aromatic nitrogens is 4. The molecule has 2 aromatic heterocycles. The molecule has 0 amide bonds. The van der Waals surface area contributed by atoms with Crippen LogP contribution in [0.2, 0.25) is 0 Å². The van der Waals surface area contributed by atoms with Gasteiger partial charge in [-0.2, -0.15) is 5.10 Å². The Morgan fingerprint density at radius 2 is 2.05 bits per heavy atom. The zero-order valence-corrected chi connectivity index (χ0v) is 21.8. The van der Waals surface area contributed by atoms with Crippen molar-refractivity contribution < 1.29 is 14.2 Å². The van der Waals surface area contributed by atoms with Crippen molar-refractivity contribution in [1.82, 2.24) is 30.0 Å². The average molecular weight is 517 g/mol. The van der Waals surface area contributed by atoms with Crippen LogP contribution in [0, 0.1) is 5.82 Å². The van der Waals surface area contributed by atoms with E-state index >= 15 is 4.39 Å². The molecular weight excluding hydrogens is 483 g/mol. The summed E-state index contributed by atoms with van der Waals surface area (Å²) >= 11 is 0. The number of halogens is 1. The number of phenols is 1. The Morgan fingerprint density at radius 1 is 1.18 bits per heavy atom. The summed E-state index contributed by atoms with van der Waals surface area (Å²) in [7, 11) is 2.17. The number of aromatic amines is 2. The molecule has 8 nitrogen and oxygen atoms in total. The third-order valence-electron chi connectivity index (χ3n) is 7.87. The molecule has 6 rings (SSSR count). The first-order valence-corrected chi connectivity index (χ1v) is 13.3. The number of nitrogens with one attached hydrogen (secondary N) is 2. The number of aryl methyl sites for hydroxylation is 1. The number of fused-ring (bicyclic) bond motifs is 1. The molecular formula is C29H33FN6O2. The number of nitrogens with zero attached hydrogens (tertiary/aromatic N) is 4. The Hall–Kier alpha value is -3.53. The van der Waals surface area contributed by atoms with Gasteiger partial charge in [0, 0.05) is 43.2 Å². The normalized spacial score (nSPS) is 19.2. The van der Waals surface area contributed by atoms with Crippen molar-refractivity contribution in [3.8, 4) is 28.4 Å². The number of hydrogen-bond acceptors (Lipinski definition) is 6. The molecule has 0 aliphatic carbocycles. The van der Waals surface area contributed by atoms with Crippen molar-refractivity contribution >= 4 is 16.5 Å². The maximum Gasteiger partial charge on any atom is 0.159 e. The van der Waals surface area contributed by atoms with Gasteiger partial charge in [0.25, 0.3) is 0 Å². The maximum absolute atomic E-state index is 15.6. The summed E-state index contributed by atoms with van der Waals surface area (Å²) in [6.45, 7) is 7.47. The Kier molecular flexibility index (Phi) is 6.73. The number of hydrogen-bond donors (Lipinski definition) is 3. The molecule has 1 saturated heterocycles. The van der Waals surface area contributed by atoms with Gasteiger partial charge >= 0.3 is 0 Å². The van der Waals surface area contributed by atoms with Gasteiger partial charge in [-0.1, -0.05) is 25.1 Å². The van der Waals surface area contributed by atoms with Gasteiger partial charge in [-0.25, -0.2) is 9.37 Å². The van der Waals surface area contributed by atoms with Crippen LogP contribution in [0.4, 0.5) is 4.39 Å². The van der Waals surface area contributed by atoms with Gasteiger partial charge in [0.1, 0.15) is 17.0 Å². The fourth-order valence-electron chi connectivity index (χ4n) is 5.53. The van der Waals surface area contributed by atoms with E-state index in [1.165, 1.54) is 5.57 Å². The minimum Gasteiger partial charge on any atom is -0.508 e. The van der Waals surface area contributed by atoms with E-state index in [2.05, 4.69) is 43.1 Å². The Bertz CT molecular complexity index is 1490. The molecule has 2 aliphatic rings. The molecule has 0 saturated carbocycles. The lowest BCUT2D eigenvalue weighted by atomic mass is 9.96. The number of H-pyrrole nitrogens is 2. The van der Waals surface area contributed by atoms with Crippen LogP contribution in [0.15, 0.2) is 42.6 Å². The Balaban J connectivity index is 1.22. The van der Waals surface area contributed by atoms with Gasteiger partial charge in [0.05, 0.1) is 25.1 Å². The number of imidazole rings is 1. The maximum atomic E-state index is 15.6. The van der Waals surface area contributed by atoms with Gasteiger partial charge in [0.2, 0.25) is 0 Å². The van der Waals surface area contributed by atoms with E-state index in [9.17, 15) is 5.11 Å². The summed E-state index contributed by atoms with van der Waals surface area (Å²) < 4.78 is 21.3. The van der Waals surface area contributed by atoms with E-state index in [4.69, 9.17) is 4.74 Å². The highest BCUT2D eigenvalue weighted by molar-refractivity contribution is 5.94. The summed E-state index contributed by atoms with van der Waals surface area (Å²) in [5.41, 5.74) is 5.27. The molecule has 3 N–H and O–H groups in total. The molecule has 0 unspecified atom stereocenters. The summed E-state index contributed by atoms with van der Waals surface area (Å²) in [5, 5.41) is 17.8. The molecule has 1 atom stereocenters. The van der Waals surface area contributed by atoms with E-state index in [1.807, 2.05) is 19.2 Å². The van der Waals surface area contributed by atoms with E-state index in [-0.39, 0.29) is 17.1 Å². The lowest BCUT2D eigenvalue weighted by Crippen LogP contribution is -2.50. The number of benzene rings is 2. The second-order valence-electron chi connectivity index (χ2n) is 10.2. The minimum atomic E-state index is -0.388. The number of ether oxygens (including phenoxy) is 1. The first-order valence-electron chi connectivity index (χ1n) is 13.3. The number of aromatic hydroxyl groups is 1. The highest BCUT2D eigenvalue weighted by atomic mass is 19.1. The fourth-order valence-corrected chi connectivity index (χ4v) is 5.53. The number of likely N-dealkylation sites (N-methyl/N-ethyl adjacent to an activating group) is 1. The van der Waals surface area contributed by atoms with Crippen LogP contribution in [0.3, 0.4) is 0 Å². The summed E-state index contributed by atoms with van der Waals surface area (Å²) in [4.78, 5) is 12.9. The van der Waals surface area contributed by atoms with Gasteiger partial charge in [-0.15, -0.1) is 0 Å². The largest absolute Gasteiger partial charge is 0.508 e. The van der Waals surface area contributed by atoms with E-state index in [0.717, 1.165) is 62.6 Å². The number of morpholine rings is 1. The van der Waals surface area contributed by atoms with Crippen LogP contribution in [0.1, 0.15) is 24.6 Å². The lowest BCUT2D eigenvalue weighted by molar-refractivity contribution is -0.00623. The topological polar surface area (TPSA) is 93.3 Å². The van der Waals surface area contributed by atoms with Crippen molar-refractivity contribution in [3.63, 3.8) is 0 Å². The third-order valence-corrected chi connectivity index (χ3v) is 7.87. The molecule has 4 aromatic rings. The third kappa shape index (κ3) is 4.62. The van der Waals surface area contributed by atoms with Crippen molar-refractivity contribution in [1.29, 1.82) is 0 Å². The van der Waals surface area contributed by atoms with Crippen LogP contribution in [0.25, 0.3) is 39.1 Å². The Morgan fingerprint density at radius 3 is 2.84 bits per heavy atom. The summed E-state index contributed by atoms with van der Waals surface area (Å²) in [5.74, 6) is 0.425. The standard InChI is InChI=1S/C29H33FN6O2/c1-3-18-14-21(37)4-5-22(18)23-6-7-24-27(26(23)30)33-34-28(24)29-31-15-25(32-29)19-8-10-36(11-9-19)16-20-17-38-13-12-35(20)2/h4-8,14-15,20,37H,3,9-13,16-17H2,1-2H3,(H,31,32)(H,33,34)/t20-/m1/s1. The van der Waals surface area contributed by atoms with E-state index < -0.39 is 0 Å². The molecule has 1 fully saturated rings. The van der Waals surface area contributed by atoms with Crippen LogP contribution in [-0.2, 0) is 11.2 Å². The van der Waals surface area contributed by atoms with Gasteiger partial charge < -0.3 is 14.8 Å². The average Bonchev–Trinajstić information content (AvgIpc) is 3.59. The molecule has 38 heavy (non-hydrogen) atoms. The van der Waals surface area contributed by atoms with Gasteiger partial charge in [-0.3, -0.25) is 14.9 Å². The molecule has 4 heterocycles. The zero-order chi connectivity index (χ0) is 26.2. The molecule has 198 valence electrons. The monoisotopic (exact) mass is 516 g/mol. The quantitative estimate of drug-likeness (QED) is 0.351. The van der Waals surface area contributed by atoms with Gasteiger partial charge in [-0.05, 0) is 54.8 Å². The summed E-state index contributed by atoms with van der Waals surface area (Å²) in [6, 6.07) is 9.12. The van der Waals surface area contributed by atoms with Crippen LogP contribution in [-0.4, -0.2) is 87.6 Å². The van der Waals surface area contributed by atoms with Crippen LogP contribution in [0.5, 0.6) is 5.75 Å². The Labute approximate surface area is 221 Å². The predicted molar refractivity (Wildman–Crippen MR) is 146 cm³/mol. The SMILES string of the molecule is CCc1cc(O)ccc1-c1ccc2c(-c3ncc(C4=CCN(C[C@@H]5COCCN5C)CC4)[nH]3)[nH]nc2c1F. The first kappa shape index (κ1) is 24.8. The number of rotatable bonds is 6. The van der Waals surface area contributed by atoms with E-state index in [0.29, 0.717) is 34.9 Å². The van der Waals surface area contributed by atoms with Gasteiger partial charge in [0.15, 0.2) is 11.6 Å². The van der Waals surface area contributed by atoms with Crippen molar-refractivity contribution in [3.05, 3.63) is 59.7 Å². The highest BCUT2D eigenvalue weighted by Gasteiger charge is 2.24. The van der Waals surface area contributed by atoms with Crippen molar-refractivity contribution in [2.45, 2.75) is 25.8 Å². The zero-order valence-electron chi connectivity index (χ0n) is 21.8. The first-order chi connectivity index (χ1) is 18.5. The molecule has 9 heteroatoms. The second-order valence-corrected chi connectivity index (χ2v) is 10.2. The second kappa shape index (κ2) is 10.3. The highest BCUT2D eigenvalue weighted by Crippen LogP contribution is 2.35. The van der Waals surface area contributed by atoms with Crippen LogP contribution >= 0.6 is 0 Å². The molecule has 0 radical (unpaired) electrons. The predicted octanol–water partition coefficient (Wildman–Crippen LogP) is 4.45. The minimum absolute atomic E-state index is 0.176. The fraction of sp³-hybridized carbons (Fsp3) is 0.379. The number of phenolic OH excluding ortho intramolecular Hbond substituents is 1. The van der Waals surface area contributed by atoms with E-state index in [1.54, 1.807) is 24.3 Å². The van der Waals surface area contributed by atoms with Crippen molar-refractivity contribution in [2.75, 3.05) is 46.4 Å².